The Morgan fingerprint density at radius 1 is 1.22 bits per heavy atom. The van der Waals surface area contributed by atoms with Crippen molar-refractivity contribution in [1.82, 2.24) is 4.98 Å². The van der Waals surface area contributed by atoms with Crippen LogP contribution in [0.3, 0.4) is 0 Å². The highest BCUT2D eigenvalue weighted by atomic mass is 35.5. The molecule has 0 radical (unpaired) electrons. The van der Waals surface area contributed by atoms with Crippen LogP contribution in [0.15, 0.2) is 24.3 Å². The van der Waals surface area contributed by atoms with Crippen LogP contribution in [0.2, 0.25) is 5.02 Å². The van der Waals surface area contributed by atoms with Gasteiger partial charge in [-0.15, -0.1) is 11.3 Å². The van der Waals surface area contributed by atoms with E-state index >= 15 is 0 Å². The van der Waals surface area contributed by atoms with Gasteiger partial charge in [0.1, 0.15) is 5.01 Å². The summed E-state index contributed by atoms with van der Waals surface area (Å²) in [6.07, 6.45) is 0. The van der Waals surface area contributed by atoms with Crippen LogP contribution in [-0.4, -0.2) is 10.1 Å². The summed E-state index contributed by atoms with van der Waals surface area (Å²) in [5.41, 5.74) is 1.95. The molecule has 0 atom stereocenters. The highest BCUT2D eigenvalue weighted by Gasteiger charge is 2.23. The molecule has 1 aromatic heterocycles. The van der Waals surface area contributed by atoms with E-state index < -0.39 is 0 Å². The summed E-state index contributed by atoms with van der Waals surface area (Å²) in [4.78, 5) is 5.61. The first-order valence-corrected chi connectivity index (χ1v) is 6.98. The van der Waals surface area contributed by atoms with Crippen LogP contribution in [0, 0.1) is 0 Å². The van der Waals surface area contributed by atoms with Gasteiger partial charge in [-0.3, -0.25) is 0 Å². The predicted molar refractivity (Wildman–Crippen MR) is 77.2 cm³/mol. The summed E-state index contributed by atoms with van der Waals surface area (Å²) in [5, 5.41) is 11.1. The molecule has 0 aliphatic rings. The molecule has 2 aromatic rings. The van der Waals surface area contributed by atoms with E-state index in [1.165, 1.54) is 0 Å². The van der Waals surface area contributed by atoms with Crippen molar-refractivity contribution >= 4 is 22.9 Å². The first kappa shape index (κ1) is 13.5. The maximum atomic E-state index is 9.44. The lowest BCUT2D eigenvalue weighted by Gasteiger charge is -2.16. The third-order valence-electron chi connectivity index (χ3n) is 2.64. The molecule has 0 saturated heterocycles. The molecule has 2 rings (SSSR count). The monoisotopic (exact) mass is 281 g/mol. The lowest BCUT2D eigenvalue weighted by Crippen LogP contribution is -2.14. The van der Waals surface area contributed by atoms with Gasteiger partial charge in [-0.05, 0) is 12.1 Å². The number of thiazole rings is 1. The number of aromatic nitrogens is 1. The summed E-state index contributed by atoms with van der Waals surface area (Å²) >= 11 is 7.42. The van der Waals surface area contributed by atoms with Gasteiger partial charge < -0.3 is 5.11 Å². The van der Waals surface area contributed by atoms with Crippen LogP contribution >= 0.6 is 22.9 Å². The Labute approximate surface area is 116 Å². The van der Waals surface area contributed by atoms with Gasteiger partial charge in [0, 0.05) is 16.0 Å². The van der Waals surface area contributed by atoms with Gasteiger partial charge in [-0.2, -0.15) is 0 Å². The maximum Gasteiger partial charge on any atom is 0.123 e. The van der Waals surface area contributed by atoms with Crippen LogP contribution in [0.4, 0.5) is 0 Å². The van der Waals surface area contributed by atoms with Crippen molar-refractivity contribution in [2.24, 2.45) is 0 Å². The van der Waals surface area contributed by atoms with Gasteiger partial charge >= 0.3 is 0 Å². The minimum Gasteiger partial charge on any atom is -0.391 e. The molecule has 0 saturated carbocycles. The molecule has 0 spiro atoms. The van der Waals surface area contributed by atoms with Crippen molar-refractivity contribution in [3.63, 3.8) is 0 Å². The molecule has 18 heavy (non-hydrogen) atoms. The van der Waals surface area contributed by atoms with Crippen LogP contribution in [-0.2, 0) is 12.0 Å². The average molecular weight is 282 g/mol. The number of hydrogen-bond acceptors (Lipinski definition) is 3. The second-order valence-electron chi connectivity index (χ2n) is 5.21. The Hall–Kier alpha value is -0.900. The largest absolute Gasteiger partial charge is 0.391 e. The summed E-state index contributed by atoms with van der Waals surface area (Å²) in [7, 11) is 0. The Kier molecular flexibility index (Phi) is 3.76. The molecule has 1 aromatic carbocycles. The van der Waals surface area contributed by atoms with E-state index in [9.17, 15) is 5.11 Å². The molecule has 0 unspecified atom stereocenters. The normalized spacial score (nSPS) is 11.8. The van der Waals surface area contributed by atoms with E-state index in [0.29, 0.717) is 5.02 Å². The van der Waals surface area contributed by atoms with Crippen molar-refractivity contribution in [3.8, 4) is 10.6 Å². The van der Waals surface area contributed by atoms with Crippen molar-refractivity contribution in [1.29, 1.82) is 0 Å². The zero-order chi connectivity index (χ0) is 13.3. The summed E-state index contributed by atoms with van der Waals surface area (Å²) in [5.74, 6) is 0. The standard InChI is InChI=1S/C14H16ClNOS/c1-14(2,3)12-11(8-17)18-13(16-12)9-4-6-10(15)7-5-9/h4-7,17H,8H2,1-3H3. The van der Waals surface area contributed by atoms with Gasteiger partial charge in [0.15, 0.2) is 0 Å². The van der Waals surface area contributed by atoms with E-state index in [4.69, 9.17) is 11.6 Å². The Balaban J connectivity index is 2.47. The first-order valence-electron chi connectivity index (χ1n) is 5.79. The van der Waals surface area contributed by atoms with Crippen molar-refractivity contribution in [3.05, 3.63) is 39.9 Å². The molecular formula is C14H16ClNOS. The molecule has 0 amide bonds. The number of nitrogens with zero attached hydrogens (tertiary/aromatic N) is 1. The van der Waals surface area contributed by atoms with E-state index in [-0.39, 0.29) is 12.0 Å². The van der Waals surface area contributed by atoms with Crippen molar-refractivity contribution in [2.75, 3.05) is 0 Å². The maximum absolute atomic E-state index is 9.44. The first-order chi connectivity index (χ1) is 8.41. The van der Waals surface area contributed by atoms with E-state index in [1.54, 1.807) is 11.3 Å². The fourth-order valence-corrected chi connectivity index (χ4v) is 3.02. The zero-order valence-electron chi connectivity index (χ0n) is 10.7. The summed E-state index contributed by atoms with van der Waals surface area (Å²) < 4.78 is 0. The molecule has 0 bridgehead atoms. The number of rotatable bonds is 2. The lowest BCUT2D eigenvalue weighted by molar-refractivity contribution is 0.282. The van der Waals surface area contributed by atoms with Crippen LogP contribution < -0.4 is 0 Å². The number of hydrogen-bond donors (Lipinski definition) is 1. The molecule has 0 aliphatic heterocycles. The minimum atomic E-state index is -0.0563. The molecule has 0 aliphatic carbocycles. The summed E-state index contributed by atoms with van der Waals surface area (Å²) in [6, 6.07) is 7.62. The molecule has 2 nitrogen and oxygen atoms in total. The third kappa shape index (κ3) is 2.74. The number of aliphatic hydroxyl groups excluding tert-OH is 1. The third-order valence-corrected chi connectivity index (χ3v) is 3.98. The molecule has 1 heterocycles. The van der Waals surface area contributed by atoms with Crippen LogP contribution in [0.1, 0.15) is 31.3 Å². The smallest absolute Gasteiger partial charge is 0.123 e. The Morgan fingerprint density at radius 3 is 2.28 bits per heavy atom. The molecule has 4 heteroatoms. The van der Waals surface area contributed by atoms with Gasteiger partial charge in [0.25, 0.3) is 0 Å². The van der Waals surface area contributed by atoms with Gasteiger partial charge in [-0.1, -0.05) is 44.5 Å². The Morgan fingerprint density at radius 2 is 1.83 bits per heavy atom. The summed E-state index contributed by atoms with van der Waals surface area (Å²) in [6.45, 7) is 6.35. The van der Waals surface area contributed by atoms with E-state index in [1.807, 2.05) is 24.3 Å². The van der Waals surface area contributed by atoms with Gasteiger partial charge in [-0.25, -0.2) is 4.98 Å². The molecule has 96 valence electrons. The van der Waals surface area contributed by atoms with E-state index in [0.717, 1.165) is 21.1 Å². The molecule has 1 N–H and O–H groups in total. The average Bonchev–Trinajstić information content (AvgIpc) is 2.73. The fourth-order valence-electron chi connectivity index (χ4n) is 1.76. The fraction of sp³-hybridized carbons (Fsp3) is 0.357. The van der Waals surface area contributed by atoms with Crippen LogP contribution in [0.25, 0.3) is 10.6 Å². The Bertz CT molecular complexity index is 540. The second-order valence-corrected chi connectivity index (χ2v) is 6.73. The molecular weight excluding hydrogens is 266 g/mol. The van der Waals surface area contributed by atoms with Gasteiger partial charge in [0.05, 0.1) is 17.2 Å². The highest BCUT2D eigenvalue weighted by Crippen LogP contribution is 2.34. The second kappa shape index (κ2) is 5.00. The molecule has 0 fully saturated rings. The number of halogens is 1. The zero-order valence-corrected chi connectivity index (χ0v) is 12.3. The van der Waals surface area contributed by atoms with E-state index in [2.05, 4.69) is 25.8 Å². The topological polar surface area (TPSA) is 33.1 Å². The van der Waals surface area contributed by atoms with Crippen molar-refractivity contribution in [2.45, 2.75) is 32.8 Å². The highest BCUT2D eigenvalue weighted by molar-refractivity contribution is 7.15. The van der Waals surface area contributed by atoms with Crippen LogP contribution in [0.5, 0.6) is 0 Å². The van der Waals surface area contributed by atoms with Gasteiger partial charge in [0.2, 0.25) is 0 Å². The quantitative estimate of drug-likeness (QED) is 0.892. The predicted octanol–water partition coefficient (Wildman–Crippen LogP) is 4.25. The minimum absolute atomic E-state index is 0.0395. The lowest BCUT2D eigenvalue weighted by atomic mass is 9.91. The van der Waals surface area contributed by atoms with Crippen molar-refractivity contribution < 1.29 is 5.11 Å². The number of aliphatic hydroxyl groups is 1. The SMILES string of the molecule is CC(C)(C)c1nc(-c2ccc(Cl)cc2)sc1CO. The number of benzene rings is 1.